The number of benzene rings is 4. The van der Waals surface area contributed by atoms with Crippen LogP contribution in [0, 0.1) is 5.92 Å². The Morgan fingerprint density at radius 3 is 1.76 bits per heavy atom. The summed E-state index contributed by atoms with van der Waals surface area (Å²) in [6.45, 7) is 15.1. The van der Waals surface area contributed by atoms with Crippen LogP contribution in [0.3, 0.4) is 0 Å². The first-order chi connectivity index (χ1) is 38.7. The molecule has 4 atom stereocenters. The number of methoxy groups -OCH3 is 2. The summed E-state index contributed by atoms with van der Waals surface area (Å²) in [5, 5.41) is 20.0. The second-order valence-electron chi connectivity index (χ2n) is 23.9. The van der Waals surface area contributed by atoms with Gasteiger partial charge in [0.2, 0.25) is 5.91 Å². The largest absolute Gasteiger partial charge is 0.481 e. The number of hydrogen-bond acceptors (Lipinski definition) is 9. The lowest BCUT2D eigenvalue weighted by Gasteiger charge is -2.33. The van der Waals surface area contributed by atoms with Gasteiger partial charge < -0.3 is 44.0 Å². The lowest BCUT2D eigenvalue weighted by molar-refractivity contribution is -0.137. The first-order valence-corrected chi connectivity index (χ1v) is 30.0. The Morgan fingerprint density at radius 1 is 0.688 bits per heavy atom. The van der Waals surface area contributed by atoms with E-state index in [9.17, 15) is 14.4 Å². The van der Waals surface area contributed by atoms with Crippen LogP contribution in [0.25, 0.3) is 21.5 Å². The van der Waals surface area contributed by atoms with E-state index in [0.717, 1.165) is 107 Å². The smallest absolute Gasteiger partial charge is 0.407 e. The average molecular weight is 1090 g/mol. The topological polar surface area (TPSA) is 162 Å². The first-order valence-electron chi connectivity index (χ1n) is 30.0. The van der Waals surface area contributed by atoms with Gasteiger partial charge in [-0.15, -0.1) is 0 Å². The lowest BCUT2D eigenvalue weighted by atomic mass is 9.93. The number of carbonyl (C=O) groups is 3. The molecule has 4 aliphatic rings. The lowest BCUT2D eigenvalue weighted by Crippen LogP contribution is -2.41. The third-order valence-electron chi connectivity index (χ3n) is 16.1. The average Bonchev–Trinajstić information content (AvgIpc) is 4.02. The fraction of sp³-hybridized carbons (Fsp3) is 0.561. The van der Waals surface area contributed by atoms with Crippen LogP contribution in [-0.2, 0) is 75.4 Å². The van der Waals surface area contributed by atoms with Crippen LogP contribution < -0.4 is 10.6 Å². The number of nitrogens with one attached hydrogen (secondary N) is 2. The van der Waals surface area contributed by atoms with Gasteiger partial charge in [-0.2, -0.15) is 0 Å². The quantitative estimate of drug-likeness (QED) is 0.0666. The van der Waals surface area contributed by atoms with E-state index in [4.69, 9.17) is 29.3 Å². The number of nitrogens with zero attached hydrogens (tertiary/aromatic N) is 5. The summed E-state index contributed by atoms with van der Waals surface area (Å²) in [6, 6.07) is 28.6. The zero-order valence-corrected chi connectivity index (χ0v) is 48.9. The highest BCUT2D eigenvalue weighted by atomic mass is 16.6. The van der Waals surface area contributed by atoms with Gasteiger partial charge in [-0.1, -0.05) is 91.9 Å². The van der Waals surface area contributed by atoms with E-state index in [0.29, 0.717) is 36.5 Å². The molecule has 3 N–H and O–H groups in total. The van der Waals surface area contributed by atoms with Crippen molar-refractivity contribution in [3.8, 4) is 0 Å². The highest BCUT2D eigenvalue weighted by Gasteiger charge is 2.32. The van der Waals surface area contributed by atoms with Crippen LogP contribution in [0.2, 0.25) is 0 Å². The number of aromatic nitrogens is 4. The number of hydrogen-bond donors (Lipinski definition) is 3. The maximum atomic E-state index is 13.4. The van der Waals surface area contributed by atoms with Crippen molar-refractivity contribution in [2.45, 2.75) is 180 Å². The highest BCUT2D eigenvalue weighted by Crippen LogP contribution is 2.33. The summed E-state index contributed by atoms with van der Waals surface area (Å²) in [6.07, 6.45) is 17.8. The molecular formula is C66H91N7O7. The van der Waals surface area contributed by atoms with E-state index < -0.39 is 23.7 Å². The van der Waals surface area contributed by atoms with Gasteiger partial charge >= 0.3 is 12.1 Å². The molecule has 0 radical (unpaired) electrons. The van der Waals surface area contributed by atoms with Crippen LogP contribution in [0.5, 0.6) is 0 Å². The minimum absolute atomic E-state index is 0.161. The number of likely N-dealkylation sites (tertiary alicyclic amines) is 1. The molecule has 0 saturated carbocycles. The molecule has 2 aliphatic carbocycles. The summed E-state index contributed by atoms with van der Waals surface area (Å²) in [7, 11) is 3.56. The van der Waals surface area contributed by atoms with Gasteiger partial charge in [-0.3, -0.25) is 9.59 Å². The van der Waals surface area contributed by atoms with Gasteiger partial charge in [-0.25, -0.2) is 14.8 Å². The van der Waals surface area contributed by atoms with Crippen molar-refractivity contribution in [2.75, 3.05) is 53.6 Å². The Labute approximate surface area is 475 Å². The molecule has 6 aromatic rings. The number of piperidine rings is 2. The predicted molar refractivity (Wildman–Crippen MR) is 319 cm³/mol. The fourth-order valence-corrected chi connectivity index (χ4v) is 12.4. The van der Waals surface area contributed by atoms with Gasteiger partial charge in [0.25, 0.3) is 0 Å². The summed E-state index contributed by atoms with van der Waals surface area (Å²) in [5.41, 5.74) is 7.31. The zero-order chi connectivity index (χ0) is 56.4. The summed E-state index contributed by atoms with van der Waals surface area (Å²) < 4.78 is 20.8. The Hall–Kier alpha value is -6.09. The van der Waals surface area contributed by atoms with Crippen molar-refractivity contribution < 1.29 is 33.7 Å². The first kappa shape index (κ1) is 60.0. The maximum absolute atomic E-state index is 13.4. The monoisotopic (exact) mass is 1090 g/mol. The Kier molecular flexibility index (Phi) is 22.2. The summed E-state index contributed by atoms with van der Waals surface area (Å²) >= 11 is 0. The number of amides is 2. The molecule has 10 rings (SSSR count). The minimum atomic E-state index is -0.961. The van der Waals surface area contributed by atoms with E-state index >= 15 is 0 Å². The molecule has 0 unspecified atom stereocenters. The van der Waals surface area contributed by atoms with Gasteiger partial charge in [0.15, 0.2) is 0 Å². The van der Waals surface area contributed by atoms with Crippen molar-refractivity contribution in [3.63, 3.8) is 0 Å². The number of ether oxygens (including phenoxy) is 3. The Bertz CT molecular complexity index is 2950. The summed E-state index contributed by atoms with van der Waals surface area (Å²) in [4.78, 5) is 48.7. The molecule has 14 heteroatoms. The number of imidazole rings is 2. The molecule has 2 amide bonds. The molecule has 0 spiro atoms. The van der Waals surface area contributed by atoms with Crippen LogP contribution in [0.1, 0.15) is 162 Å². The molecule has 2 aromatic heterocycles. The predicted octanol–water partition coefficient (Wildman–Crippen LogP) is 11.9. The zero-order valence-electron chi connectivity index (χ0n) is 48.9. The molecule has 4 aromatic carbocycles. The molecule has 2 aliphatic heterocycles. The second-order valence-corrected chi connectivity index (χ2v) is 23.9. The van der Waals surface area contributed by atoms with E-state index in [1.54, 1.807) is 35.0 Å². The van der Waals surface area contributed by atoms with E-state index in [-0.39, 0.29) is 6.42 Å². The third-order valence-corrected chi connectivity index (χ3v) is 16.1. The van der Waals surface area contributed by atoms with Crippen molar-refractivity contribution in [1.29, 1.82) is 0 Å². The van der Waals surface area contributed by atoms with Gasteiger partial charge in [0, 0.05) is 95.8 Å². The van der Waals surface area contributed by atoms with E-state index in [2.05, 4.69) is 74.1 Å². The van der Waals surface area contributed by atoms with Crippen LogP contribution in [0.4, 0.5) is 4.79 Å². The van der Waals surface area contributed by atoms with Crippen molar-refractivity contribution in [2.24, 2.45) is 5.92 Å². The van der Waals surface area contributed by atoms with E-state index in [1.165, 1.54) is 109 Å². The minimum Gasteiger partial charge on any atom is -0.481 e. The second kappa shape index (κ2) is 29.6. The van der Waals surface area contributed by atoms with E-state index in [1.807, 2.05) is 42.5 Å². The molecule has 4 heterocycles. The van der Waals surface area contributed by atoms with Crippen molar-refractivity contribution in [1.82, 2.24) is 34.6 Å². The number of aliphatic carboxylic acids is 1. The molecule has 2 fully saturated rings. The third kappa shape index (κ3) is 17.2. The van der Waals surface area contributed by atoms with Crippen LogP contribution in [-0.4, -0.2) is 112 Å². The molecule has 14 nitrogen and oxygen atoms in total. The van der Waals surface area contributed by atoms with Crippen molar-refractivity contribution in [3.05, 3.63) is 130 Å². The number of fused-ring (bicyclic) bond motifs is 4. The number of rotatable bonds is 19. The molecular weight excluding hydrogens is 1000 g/mol. The van der Waals surface area contributed by atoms with Gasteiger partial charge in [0.1, 0.15) is 17.2 Å². The van der Waals surface area contributed by atoms with Crippen LogP contribution >= 0.6 is 0 Å². The maximum Gasteiger partial charge on any atom is 0.407 e. The Morgan fingerprint density at radius 2 is 1.23 bits per heavy atom. The normalized spacial score (nSPS) is 17.9. The molecule has 80 heavy (non-hydrogen) atoms. The van der Waals surface area contributed by atoms with Gasteiger partial charge in [-0.05, 0) is 169 Å². The molecule has 2 saturated heterocycles. The molecule has 432 valence electrons. The van der Waals surface area contributed by atoms with Crippen LogP contribution in [0.15, 0.2) is 84.9 Å². The Balaban J connectivity index is 0.000000166. The van der Waals surface area contributed by atoms with Gasteiger partial charge in [0.05, 0.1) is 17.8 Å². The number of carboxylic acid groups (broad SMARTS) is 1. The number of alkyl carbamates (subject to hydrolysis) is 1. The van der Waals surface area contributed by atoms with Crippen molar-refractivity contribution >= 4 is 39.5 Å². The standard InChI is InChI=1S/C31H41N3O2.C19H23NO4.C16H27N3O/c1-23(19-24-14-15-25-9-3-4-10-26(25)21-24)20-30(35)33-16-7-11-27(22-33)31-32-28-12-5-6-13-29(28)34(31)17-8-18-36-2;1-19(2,3)24-18(23)20-16(12-17(21)22)11-13-8-9-14-6-4-5-7-15(14)10-13;1-20-11-5-10-19-15-8-3-2-7-14(15)18-16(19)13-6-4-9-17-12-13/h3-4,9-10,14-15,21,23,27H,5-8,11-13,16-20,22H2,1-2H3;4-10,16H,11-12H2,1-3H3,(H,20,23)(H,21,22);13,17H,2-12H2,1H3/t23-,27-;16-;13-/m111/s1. The molecule has 0 bridgehead atoms. The number of aryl methyl sites for hydroxylation is 2. The summed E-state index contributed by atoms with van der Waals surface area (Å²) in [5.74, 6) is 3.18. The SMILES string of the molecule is CC(C)(C)OC(=O)N[C@@H](CC(=O)O)Cc1ccc2ccccc2c1.COCCCn1c([C@@H]2CCCN(C(=O)C[C@H](C)Cc3ccc4ccccc4c3)C2)nc2c1CCCC2.COCCCn1c([C@@H]2CCCNC2)nc2c1CCCC2. The highest BCUT2D eigenvalue weighted by molar-refractivity contribution is 5.84. The number of carbonyl (C=O) groups excluding carboxylic acids is 2. The fourth-order valence-electron chi connectivity index (χ4n) is 12.4. The number of carboxylic acids is 1.